The van der Waals surface area contributed by atoms with Crippen LogP contribution < -0.4 is 10.6 Å². The van der Waals surface area contributed by atoms with E-state index in [0.29, 0.717) is 17.9 Å². The van der Waals surface area contributed by atoms with E-state index >= 15 is 0 Å². The topological polar surface area (TPSA) is 74.3 Å². The Morgan fingerprint density at radius 2 is 1.86 bits per heavy atom. The van der Waals surface area contributed by atoms with Gasteiger partial charge in [0.05, 0.1) is 0 Å². The first-order valence-corrected chi connectivity index (χ1v) is 7.97. The molecule has 0 aliphatic carbocycles. The third kappa shape index (κ3) is 4.53. The molecule has 2 heterocycles. The van der Waals surface area contributed by atoms with E-state index in [1.165, 1.54) is 0 Å². The minimum Gasteiger partial charge on any atom is -0.349 e. The van der Waals surface area contributed by atoms with Gasteiger partial charge in [-0.05, 0) is 37.9 Å². The Labute approximate surface area is 131 Å². The van der Waals surface area contributed by atoms with Gasteiger partial charge in [-0.1, -0.05) is 13.0 Å². The van der Waals surface area contributed by atoms with Gasteiger partial charge in [-0.25, -0.2) is 4.98 Å². The molecule has 1 aliphatic heterocycles. The molecule has 0 aromatic carbocycles. The van der Waals surface area contributed by atoms with Crippen LogP contribution >= 0.6 is 0 Å². The molecule has 2 N–H and O–H groups in total. The number of rotatable bonds is 7. The summed E-state index contributed by atoms with van der Waals surface area (Å²) in [4.78, 5) is 30.3. The van der Waals surface area contributed by atoms with Crippen molar-refractivity contribution in [1.82, 2.24) is 20.5 Å². The molecule has 0 unspecified atom stereocenters. The molecule has 6 nitrogen and oxygen atoms in total. The SMILES string of the molecule is CCCNCCNC(=O)c1cccc(C(=O)N2CCCC2)n1. The van der Waals surface area contributed by atoms with E-state index in [-0.39, 0.29) is 11.8 Å². The average Bonchev–Trinajstić information content (AvgIpc) is 3.08. The lowest BCUT2D eigenvalue weighted by Gasteiger charge is -2.14. The fraction of sp³-hybridized carbons (Fsp3) is 0.562. The Hall–Kier alpha value is -1.95. The van der Waals surface area contributed by atoms with Gasteiger partial charge in [0, 0.05) is 26.2 Å². The number of pyridine rings is 1. The number of carbonyl (C=O) groups excluding carboxylic acids is 2. The van der Waals surface area contributed by atoms with Crippen molar-refractivity contribution < 1.29 is 9.59 Å². The molecule has 22 heavy (non-hydrogen) atoms. The van der Waals surface area contributed by atoms with E-state index in [2.05, 4.69) is 22.5 Å². The van der Waals surface area contributed by atoms with Crippen molar-refractivity contribution in [2.45, 2.75) is 26.2 Å². The van der Waals surface area contributed by atoms with Crippen molar-refractivity contribution in [3.63, 3.8) is 0 Å². The minimum atomic E-state index is -0.241. The maximum Gasteiger partial charge on any atom is 0.272 e. The second kappa shape index (κ2) is 8.48. The van der Waals surface area contributed by atoms with Crippen molar-refractivity contribution in [3.8, 4) is 0 Å². The summed E-state index contributed by atoms with van der Waals surface area (Å²) < 4.78 is 0. The van der Waals surface area contributed by atoms with Crippen molar-refractivity contribution in [2.24, 2.45) is 0 Å². The van der Waals surface area contributed by atoms with Crippen molar-refractivity contribution in [2.75, 3.05) is 32.7 Å². The summed E-state index contributed by atoms with van der Waals surface area (Å²) in [5, 5.41) is 6.02. The van der Waals surface area contributed by atoms with Crippen LogP contribution in [-0.4, -0.2) is 54.4 Å². The standard InChI is InChI=1S/C16H24N4O2/c1-2-8-17-9-10-18-15(21)13-6-5-7-14(19-13)16(22)20-11-3-4-12-20/h5-7,17H,2-4,8-12H2,1H3,(H,18,21). The van der Waals surface area contributed by atoms with E-state index in [0.717, 1.165) is 45.4 Å². The average molecular weight is 304 g/mol. The molecular weight excluding hydrogens is 280 g/mol. The lowest BCUT2D eigenvalue weighted by atomic mass is 10.2. The number of likely N-dealkylation sites (tertiary alicyclic amines) is 1. The number of aromatic nitrogens is 1. The molecule has 120 valence electrons. The first-order valence-electron chi connectivity index (χ1n) is 7.97. The maximum atomic E-state index is 12.3. The molecule has 1 aromatic rings. The van der Waals surface area contributed by atoms with Crippen LogP contribution in [0.4, 0.5) is 0 Å². The molecule has 0 atom stereocenters. The molecule has 0 saturated carbocycles. The highest BCUT2D eigenvalue weighted by molar-refractivity contribution is 5.96. The highest BCUT2D eigenvalue weighted by atomic mass is 16.2. The van der Waals surface area contributed by atoms with Crippen molar-refractivity contribution in [1.29, 1.82) is 0 Å². The molecule has 1 saturated heterocycles. The molecule has 2 rings (SSSR count). The maximum absolute atomic E-state index is 12.3. The Kier molecular flexibility index (Phi) is 6.33. The summed E-state index contributed by atoms with van der Waals surface area (Å²) in [6.07, 6.45) is 3.14. The normalized spacial score (nSPS) is 14.1. The lowest BCUT2D eigenvalue weighted by molar-refractivity contribution is 0.0787. The summed E-state index contributed by atoms with van der Waals surface area (Å²) in [7, 11) is 0. The Bertz CT molecular complexity index is 513. The van der Waals surface area contributed by atoms with Gasteiger partial charge >= 0.3 is 0 Å². The number of carbonyl (C=O) groups is 2. The molecule has 2 amide bonds. The zero-order valence-corrected chi connectivity index (χ0v) is 13.1. The van der Waals surface area contributed by atoms with E-state index in [1.807, 2.05) is 0 Å². The molecule has 0 spiro atoms. The first-order chi connectivity index (χ1) is 10.7. The zero-order chi connectivity index (χ0) is 15.8. The van der Waals surface area contributed by atoms with Gasteiger partial charge < -0.3 is 15.5 Å². The van der Waals surface area contributed by atoms with Gasteiger partial charge in [0.2, 0.25) is 0 Å². The fourth-order valence-electron chi connectivity index (χ4n) is 2.42. The van der Waals surface area contributed by atoms with Crippen LogP contribution in [0.25, 0.3) is 0 Å². The number of hydrogen-bond donors (Lipinski definition) is 2. The third-order valence-corrected chi connectivity index (χ3v) is 3.61. The van der Waals surface area contributed by atoms with Crippen LogP contribution in [0.1, 0.15) is 47.2 Å². The second-order valence-electron chi connectivity index (χ2n) is 5.41. The summed E-state index contributed by atoms with van der Waals surface area (Å²) in [5.74, 6) is -0.328. The predicted molar refractivity (Wildman–Crippen MR) is 84.9 cm³/mol. The Balaban J connectivity index is 1.89. The number of nitrogens with zero attached hydrogens (tertiary/aromatic N) is 2. The van der Waals surface area contributed by atoms with Crippen LogP contribution in [-0.2, 0) is 0 Å². The first kappa shape index (κ1) is 16.4. The minimum absolute atomic E-state index is 0.0863. The van der Waals surface area contributed by atoms with E-state index in [4.69, 9.17) is 0 Å². The number of amides is 2. The smallest absolute Gasteiger partial charge is 0.272 e. The summed E-state index contributed by atoms with van der Waals surface area (Å²) >= 11 is 0. The van der Waals surface area contributed by atoms with Gasteiger partial charge in [0.1, 0.15) is 11.4 Å². The largest absolute Gasteiger partial charge is 0.349 e. The van der Waals surface area contributed by atoms with Gasteiger partial charge in [-0.3, -0.25) is 9.59 Å². The van der Waals surface area contributed by atoms with Crippen LogP contribution in [0.2, 0.25) is 0 Å². The lowest BCUT2D eigenvalue weighted by Crippen LogP contribution is -2.33. The predicted octanol–water partition coefficient (Wildman–Crippen LogP) is 1.05. The second-order valence-corrected chi connectivity index (χ2v) is 5.41. The molecule has 6 heteroatoms. The monoisotopic (exact) mass is 304 g/mol. The number of hydrogen-bond acceptors (Lipinski definition) is 4. The van der Waals surface area contributed by atoms with Gasteiger partial charge in [0.25, 0.3) is 11.8 Å². The molecule has 0 bridgehead atoms. The van der Waals surface area contributed by atoms with Crippen LogP contribution in [0.15, 0.2) is 18.2 Å². The van der Waals surface area contributed by atoms with E-state index in [9.17, 15) is 9.59 Å². The van der Waals surface area contributed by atoms with Crippen LogP contribution in [0, 0.1) is 0 Å². The zero-order valence-electron chi connectivity index (χ0n) is 13.1. The van der Waals surface area contributed by atoms with Crippen LogP contribution in [0.3, 0.4) is 0 Å². The van der Waals surface area contributed by atoms with Gasteiger partial charge in [-0.15, -0.1) is 0 Å². The summed E-state index contributed by atoms with van der Waals surface area (Å²) in [6.45, 7) is 5.86. The van der Waals surface area contributed by atoms with Crippen molar-refractivity contribution >= 4 is 11.8 Å². The van der Waals surface area contributed by atoms with Gasteiger partial charge in [0.15, 0.2) is 0 Å². The highest BCUT2D eigenvalue weighted by Crippen LogP contribution is 2.11. The molecular formula is C16H24N4O2. The van der Waals surface area contributed by atoms with E-state index in [1.54, 1.807) is 23.1 Å². The quantitative estimate of drug-likeness (QED) is 0.738. The summed E-state index contributed by atoms with van der Waals surface area (Å²) in [6, 6.07) is 5.01. The van der Waals surface area contributed by atoms with E-state index < -0.39 is 0 Å². The molecule has 1 fully saturated rings. The number of nitrogens with one attached hydrogen (secondary N) is 2. The molecule has 0 radical (unpaired) electrons. The van der Waals surface area contributed by atoms with Crippen LogP contribution in [0.5, 0.6) is 0 Å². The molecule has 1 aliphatic rings. The van der Waals surface area contributed by atoms with Crippen molar-refractivity contribution in [3.05, 3.63) is 29.6 Å². The highest BCUT2D eigenvalue weighted by Gasteiger charge is 2.21. The fourth-order valence-corrected chi connectivity index (χ4v) is 2.42. The van der Waals surface area contributed by atoms with Gasteiger partial charge in [-0.2, -0.15) is 0 Å². The third-order valence-electron chi connectivity index (χ3n) is 3.61. The Morgan fingerprint density at radius 3 is 2.59 bits per heavy atom. The summed E-state index contributed by atoms with van der Waals surface area (Å²) in [5.41, 5.74) is 0.638. The Morgan fingerprint density at radius 1 is 1.14 bits per heavy atom. The molecule has 1 aromatic heterocycles.